The highest BCUT2D eigenvalue weighted by atomic mass is 32.2. The predicted octanol–water partition coefficient (Wildman–Crippen LogP) is -1.58. The molecule has 0 aromatic carbocycles. The Bertz CT molecular complexity index is 806. The van der Waals surface area contributed by atoms with Crippen LogP contribution in [-0.4, -0.2) is 62.7 Å². The third-order valence-electron chi connectivity index (χ3n) is 3.64. The van der Waals surface area contributed by atoms with Crippen LogP contribution in [0.3, 0.4) is 0 Å². The summed E-state index contributed by atoms with van der Waals surface area (Å²) in [5.41, 5.74) is 6.46. The van der Waals surface area contributed by atoms with Gasteiger partial charge in [-0.3, -0.25) is 4.18 Å². The number of nitrogens with zero attached hydrogens (tertiary/aromatic N) is 4. The number of aliphatic hydroxyl groups is 2. The summed E-state index contributed by atoms with van der Waals surface area (Å²) < 4.78 is 28.8. The topological polar surface area (TPSA) is 153 Å². The molecule has 11 heteroatoms. The molecule has 0 unspecified atom stereocenters. The number of rotatable bonds is 3. The van der Waals surface area contributed by atoms with Crippen molar-refractivity contribution in [3.63, 3.8) is 0 Å². The van der Waals surface area contributed by atoms with E-state index in [0.717, 1.165) is 6.26 Å². The third kappa shape index (κ3) is 2.52. The zero-order valence-electron chi connectivity index (χ0n) is 11.6. The van der Waals surface area contributed by atoms with E-state index >= 15 is 0 Å². The molecule has 22 heavy (non-hydrogen) atoms. The van der Waals surface area contributed by atoms with Gasteiger partial charge in [0, 0.05) is 6.42 Å². The van der Waals surface area contributed by atoms with Gasteiger partial charge in [-0.1, -0.05) is 0 Å². The molecule has 0 saturated heterocycles. The molecule has 1 aliphatic carbocycles. The van der Waals surface area contributed by atoms with Gasteiger partial charge in [-0.25, -0.2) is 15.0 Å². The molecule has 2 aromatic heterocycles. The molecule has 0 spiro atoms. The maximum Gasteiger partial charge on any atom is 0.264 e. The highest BCUT2D eigenvalue weighted by molar-refractivity contribution is 7.86. The Balaban J connectivity index is 1.96. The average Bonchev–Trinajstić information content (AvgIpc) is 2.95. The van der Waals surface area contributed by atoms with Crippen LogP contribution in [0.25, 0.3) is 11.2 Å². The van der Waals surface area contributed by atoms with Crippen molar-refractivity contribution < 1.29 is 22.8 Å². The molecule has 3 rings (SSSR count). The van der Waals surface area contributed by atoms with E-state index in [0.29, 0.717) is 11.2 Å². The summed E-state index contributed by atoms with van der Waals surface area (Å²) in [6.45, 7) is 0. The van der Waals surface area contributed by atoms with Gasteiger partial charge in [0.05, 0.1) is 18.6 Å². The Kier molecular flexibility index (Phi) is 3.51. The lowest BCUT2D eigenvalue weighted by atomic mass is 10.2. The minimum absolute atomic E-state index is 0.0881. The van der Waals surface area contributed by atoms with Gasteiger partial charge >= 0.3 is 0 Å². The Morgan fingerprint density at radius 2 is 2.05 bits per heavy atom. The van der Waals surface area contributed by atoms with Crippen molar-refractivity contribution in [1.82, 2.24) is 19.5 Å². The second-order valence-electron chi connectivity index (χ2n) is 5.21. The Labute approximate surface area is 125 Å². The van der Waals surface area contributed by atoms with Crippen LogP contribution in [0.4, 0.5) is 5.82 Å². The maximum atomic E-state index is 11.2. The van der Waals surface area contributed by atoms with Crippen LogP contribution in [-0.2, 0) is 14.3 Å². The predicted molar refractivity (Wildman–Crippen MR) is 75.1 cm³/mol. The molecule has 1 aliphatic rings. The standard InChI is InChI=1S/C11H15N5O5S/c1-22(19,20)21-6-2-5(8(17)9(6)18)16-4-15-7-10(12)13-3-14-11(7)16/h3-6,8-9,17-18H,2H2,1H3,(H2,12,13,14)/t5-,6+,8+,9-/m1/s1. The van der Waals surface area contributed by atoms with Gasteiger partial charge in [0.2, 0.25) is 0 Å². The second kappa shape index (κ2) is 5.12. The smallest absolute Gasteiger partial charge is 0.264 e. The Morgan fingerprint density at radius 1 is 1.32 bits per heavy atom. The quantitative estimate of drug-likeness (QED) is 0.566. The van der Waals surface area contributed by atoms with Gasteiger partial charge in [0.15, 0.2) is 11.5 Å². The van der Waals surface area contributed by atoms with Crippen molar-refractivity contribution in [2.45, 2.75) is 30.8 Å². The Hall–Kier alpha value is -1.82. The molecule has 0 bridgehead atoms. The molecule has 2 aromatic rings. The number of hydrogen-bond acceptors (Lipinski definition) is 9. The summed E-state index contributed by atoms with van der Waals surface area (Å²) in [6.07, 6.45) is 0.0606. The van der Waals surface area contributed by atoms with Gasteiger partial charge in [-0.15, -0.1) is 0 Å². The van der Waals surface area contributed by atoms with Crippen molar-refractivity contribution in [1.29, 1.82) is 0 Å². The third-order valence-corrected chi connectivity index (χ3v) is 4.24. The molecule has 10 nitrogen and oxygen atoms in total. The average molecular weight is 329 g/mol. The van der Waals surface area contributed by atoms with Crippen LogP contribution < -0.4 is 5.73 Å². The van der Waals surface area contributed by atoms with Gasteiger partial charge in [0.25, 0.3) is 10.1 Å². The van der Waals surface area contributed by atoms with Crippen molar-refractivity contribution in [2.75, 3.05) is 12.0 Å². The number of nitrogen functional groups attached to an aromatic ring is 1. The van der Waals surface area contributed by atoms with E-state index in [1.807, 2.05) is 0 Å². The number of anilines is 1. The van der Waals surface area contributed by atoms with Crippen LogP contribution in [0.5, 0.6) is 0 Å². The van der Waals surface area contributed by atoms with E-state index in [1.165, 1.54) is 17.2 Å². The van der Waals surface area contributed by atoms with E-state index in [4.69, 9.17) is 9.92 Å². The van der Waals surface area contributed by atoms with Crippen LogP contribution in [0, 0.1) is 0 Å². The first kappa shape index (κ1) is 15.1. The number of hydrogen-bond donors (Lipinski definition) is 3. The molecule has 0 radical (unpaired) electrons. The summed E-state index contributed by atoms with van der Waals surface area (Å²) in [5.74, 6) is 0.195. The molecular formula is C11H15N5O5S. The fraction of sp³-hybridized carbons (Fsp3) is 0.545. The molecule has 1 saturated carbocycles. The lowest BCUT2D eigenvalue weighted by Gasteiger charge is -2.17. The number of aliphatic hydroxyl groups excluding tert-OH is 2. The Morgan fingerprint density at radius 3 is 2.73 bits per heavy atom. The number of nitrogens with two attached hydrogens (primary N) is 1. The molecule has 2 heterocycles. The minimum Gasteiger partial charge on any atom is -0.388 e. The van der Waals surface area contributed by atoms with Gasteiger partial charge < -0.3 is 20.5 Å². The fourth-order valence-corrected chi connectivity index (χ4v) is 3.32. The molecule has 1 fully saturated rings. The summed E-state index contributed by atoms with van der Waals surface area (Å²) in [5, 5.41) is 20.2. The van der Waals surface area contributed by atoms with E-state index in [2.05, 4.69) is 15.0 Å². The van der Waals surface area contributed by atoms with E-state index < -0.39 is 34.5 Å². The molecule has 0 amide bonds. The molecule has 4 N–H and O–H groups in total. The minimum atomic E-state index is -3.75. The largest absolute Gasteiger partial charge is 0.388 e. The van der Waals surface area contributed by atoms with Crippen molar-refractivity contribution in [2.24, 2.45) is 0 Å². The van der Waals surface area contributed by atoms with Crippen molar-refractivity contribution >= 4 is 27.1 Å². The lowest BCUT2D eigenvalue weighted by Crippen LogP contribution is -2.33. The van der Waals surface area contributed by atoms with Gasteiger partial charge in [-0.05, 0) is 0 Å². The summed E-state index contributed by atoms with van der Waals surface area (Å²) in [6, 6.07) is -0.638. The highest BCUT2D eigenvalue weighted by Gasteiger charge is 2.45. The van der Waals surface area contributed by atoms with E-state index in [-0.39, 0.29) is 12.2 Å². The molecule has 4 atom stereocenters. The SMILES string of the molecule is CS(=O)(=O)O[C@H]1C[C@@H](n2cnc3c(N)ncnc32)[C@H](O)[C@@H]1O. The zero-order valence-corrected chi connectivity index (χ0v) is 12.4. The van der Waals surface area contributed by atoms with E-state index in [1.54, 1.807) is 0 Å². The number of aromatic nitrogens is 4. The molecular weight excluding hydrogens is 314 g/mol. The van der Waals surface area contributed by atoms with Crippen LogP contribution in [0.1, 0.15) is 12.5 Å². The number of fused-ring (bicyclic) bond motifs is 1. The van der Waals surface area contributed by atoms with Gasteiger partial charge in [0.1, 0.15) is 30.2 Å². The highest BCUT2D eigenvalue weighted by Crippen LogP contribution is 2.35. The van der Waals surface area contributed by atoms with Crippen LogP contribution in [0.2, 0.25) is 0 Å². The zero-order chi connectivity index (χ0) is 16.1. The first-order valence-electron chi connectivity index (χ1n) is 6.45. The summed E-state index contributed by atoms with van der Waals surface area (Å²) in [4.78, 5) is 12.0. The van der Waals surface area contributed by atoms with Crippen LogP contribution >= 0.6 is 0 Å². The lowest BCUT2D eigenvalue weighted by molar-refractivity contribution is -0.0144. The summed E-state index contributed by atoms with van der Waals surface area (Å²) >= 11 is 0. The first-order chi connectivity index (χ1) is 10.3. The normalized spacial score (nSPS) is 29.2. The second-order valence-corrected chi connectivity index (χ2v) is 6.81. The maximum absolute atomic E-state index is 11.2. The molecule has 0 aliphatic heterocycles. The fourth-order valence-electron chi connectivity index (χ4n) is 2.68. The van der Waals surface area contributed by atoms with Crippen molar-refractivity contribution in [3.8, 4) is 0 Å². The first-order valence-corrected chi connectivity index (χ1v) is 8.27. The number of imidazole rings is 1. The molecule has 120 valence electrons. The van der Waals surface area contributed by atoms with Crippen molar-refractivity contribution in [3.05, 3.63) is 12.7 Å². The summed E-state index contributed by atoms with van der Waals surface area (Å²) in [7, 11) is -3.75. The van der Waals surface area contributed by atoms with Gasteiger partial charge in [-0.2, -0.15) is 8.42 Å². The van der Waals surface area contributed by atoms with Crippen LogP contribution in [0.15, 0.2) is 12.7 Å². The monoisotopic (exact) mass is 329 g/mol. The van der Waals surface area contributed by atoms with E-state index in [9.17, 15) is 18.6 Å².